The normalized spacial score (nSPS) is 12.5. The molecule has 0 heterocycles. The summed E-state index contributed by atoms with van der Waals surface area (Å²) in [5.41, 5.74) is 8.95. The maximum Gasteiger partial charge on any atom is 0.0390 e. The zero-order valence-corrected chi connectivity index (χ0v) is 9.82. The van der Waals surface area contributed by atoms with E-state index in [4.69, 9.17) is 5.73 Å². The van der Waals surface area contributed by atoms with Gasteiger partial charge in [0.2, 0.25) is 0 Å². The Hall–Kier alpha value is -0.830. The van der Waals surface area contributed by atoms with Gasteiger partial charge in [-0.05, 0) is 30.9 Å². The van der Waals surface area contributed by atoms with Gasteiger partial charge in [-0.25, -0.2) is 0 Å². The van der Waals surface area contributed by atoms with E-state index in [1.165, 1.54) is 0 Å². The van der Waals surface area contributed by atoms with Crippen molar-refractivity contribution in [3.8, 4) is 0 Å². The van der Waals surface area contributed by atoms with Crippen LogP contribution >= 0.6 is 11.8 Å². The van der Waals surface area contributed by atoms with Crippen molar-refractivity contribution in [3.63, 3.8) is 0 Å². The fraction of sp³-hybridized carbons (Fsp3) is 0.455. The second-order valence-corrected chi connectivity index (χ2v) is 4.72. The van der Waals surface area contributed by atoms with Crippen LogP contribution in [0.15, 0.2) is 18.2 Å². The highest BCUT2D eigenvalue weighted by atomic mass is 32.2. The van der Waals surface area contributed by atoms with E-state index in [1.807, 2.05) is 30.8 Å². The fourth-order valence-electron chi connectivity index (χ4n) is 1.18. The second kappa shape index (κ2) is 5.15. The molecule has 0 aromatic heterocycles. The maximum absolute atomic E-state index is 5.81. The van der Waals surface area contributed by atoms with Gasteiger partial charge in [0.15, 0.2) is 0 Å². The van der Waals surface area contributed by atoms with Gasteiger partial charge in [0.05, 0.1) is 0 Å². The molecule has 0 saturated heterocycles. The van der Waals surface area contributed by atoms with E-state index in [1.54, 1.807) is 0 Å². The van der Waals surface area contributed by atoms with Crippen LogP contribution in [0.4, 0.5) is 11.4 Å². The molecular weight excluding hydrogens is 192 g/mol. The Labute approximate surface area is 90.3 Å². The van der Waals surface area contributed by atoms with Crippen molar-refractivity contribution in [2.24, 2.45) is 0 Å². The van der Waals surface area contributed by atoms with Gasteiger partial charge < -0.3 is 11.1 Å². The fourth-order valence-corrected chi connectivity index (χ4v) is 1.43. The zero-order chi connectivity index (χ0) is 10.6. The van der Waals surface area contributed by atoms with E-state index in [9.17, 15) is 0 Å². The molecule has 1 aromatic carbocycles. The Morgan fingerprint density at radius 2 is 2.21 bits per heavy atom. The number of thioether (sulfide) groups is 1. The smallest absolute Gasteiger partial charge is 0.0390 e. The van der Waals surface area contributed by atoms with Crippen molar-refractivity contribution in [2.75, 3.05) is 23.9 Å². The lowest BCUT2D eigenvalue weighted by molar-refractivity contribution is 1.00. The molecule has 78 valence electrons. The quantitative estimate of drug-likeness (QED) is 0.750. The first-order valence-electron chi connectivity index (χ1n) is 4.77. The van der Waals surface area contributed by atoms with Gasteiger partial charge in [0, 0.05) is 23.2 Å². The van der Waals surface area contributed by atoms with E-state index >= 15 is 0 Å². The lowest BCUT2D eigenvalue weighted by Gasteiger charge is -2.14. The van der Waals surface area contributed by atoms with Gasteiger partial charge >= 0.3 is 0 Å². The van der Waals surface area contributed by atoms with Crippen LogP contribution in [0.1, 0.15) is 12.5 Å². The SMILES string of the molecule is CSC(C)CNc1cccc(N)c1C. The summed E-state index contributed by atoms with van der Waals surface area (Å²) in [4.78, 5) is 0. The molecule has 0 aliphatic carbocycles. The maximum atomic E-state index is 5.81. The molecule has 2 nitrogen and oxygen atoms in total. The average molecular weight is 210 g/mol. The van der Waals surface area contributed by atoms with Crippen molar-refractivity contribution < 1.29 is 0 Å². The van der Waals surface area contributed by atoms with Crippen LogP contribution in [-0.4, -0.2) is 18.1 Å². The van der Waals surface area contributed by atoms with E-state index < -0.39 is 0 Å². The summed E-state index contributed by atoms with van der Waals surface area (Å²) in [7, 11) is 0. The van der Waals surface area contributed by atoms with Crippen molar-refractivity contribution in [2.45, 2.75) is 19.1 Å². The van der Waals surface area contributed by atoms with Crippen molar-refractivity contribution >= 4 is 23.1 Å². The minimum atomic E-state index is 0.621. The molecule has 1 atom stereocenters. The van der Waals surface area contributed by atoms with Crippen molar-refractivity contribution in [1.29, 1.82) is 0 Å². The number of hydrogen-bond donors (Lipinski definition) is 2. The number of anilines is 2. The Balaban J connectivity index is 2.63. The zero-order valence-electron chi connectivity index (χ0n) is 9.00. The molecule has 14 heavy (non-hydrogen) atoms. The first kappa shape index (κ1) is 11.2. The molecular formula is C11H18N2S. The highest BCUT2D eigenvalue weighted by Gasteiger charge is 2.02. The van der Waals surface area contributed by atoms with Crippen molar-refractivity contribution in [1.82, 2.24) is 0 Å². The molecule has 1 aromatic rings. The topological polar surface area (TPSA) is 38.0 Å². The molecule has 0 saturated carbocycles. The third kappa shape index (κ3) is 2.84. The average Bonchev–Trinajstić information content (AvgIpc) is 2.20. The summed E-state index contributed by atoms with van der Waals surface area (Å²) < 4.78 is 0. The first-order chi connectivity index (χ1) is 6.65. The Morgan fingerprint density at radius 3 is 2.86 bits per heavy atom. The Bertz CT molecular complexity index is 299. The van der Waals surface area contributed by atoms with Crippen LogP contribution in [-0.2, 0) is 0 Å². The van der Waals surface area contributed by atoms with E-state index in [2.05, 4.69) is 24.6 Å². The molecule has 0 radical (unpaired) electrons. The summed E-state index contributed by atoms with van der Waals surface area (Å²) in [5.74, 6) is 0. The highest BCUT2D eigenvalue weighted by Crippen LogP contribution is 2.20. The predicted molar refractivity (Wildman–Crippen MR) is 67.1 cm³/mol. The third-order valence-electron chi connectivity index (χ3n) is 2.36. The molecule has 0 fully saturated rings. The number of hydrogen-bond acceptors (Lipinski definition) is 3. The lowest BCUT2D eigenvalue weighted by atomic mass is 10.1. The molecule has 1 unspecified atom stereocenters. The summed E-state index contributed by atoms with van der Waals surface area (Å²) in [6.07, 6.45) is 2.12. The molecule has 0 aliphatic heterocycles. The summed E-state index contributed by atoms with van der Waals surface area (Å²) in [5, 5.41) is 4.02. The molecule has 1 rings (SSSR count). The van der Waals surface area contributed by atoms with Gasteiger partial charge in [-0.2, -0.15) is 11.8 Å². The van der Waals surface area contributed by atoms with Gasteiger partial charge in [-0.3, -0.25) is 0 Å². The van der Waals surface area contributed by atoms with Gasteiger partial charge in [-0.15, -0.1) is 0 Å². The highest BCUT2D eigenvalue weighted by molar-refractivity contribution is 7.99. The van der Waals surface area contributed by atoms with E-state index in [-0.39, 0.29) is 0 Å². The number of nitrogen functional groups attached to an aromatic ring is 1. The van der Waals surface area contributed by atoms with Crippen LogP contribution < -0.4 is 11.1 Å². The summed E-state index contributed by atoms with van der Waals surface area (Å²) in [6, 6.07) is 5.98. The molecule has 0 bridgehead atoms. The Morgan fingerprint density at radius 1 is 1.50 bits per heavy atom. The molecule has 0 amide bonds. The summed E-state index contributed by atoms with van der Waals surface area (Å²) in [6.45, 7) is 5.23. The number of rotatable bonds is 4. The standard InChI is InChI=1S/C11H18N2S/c1-8(14-3)7-13-11-6-4-5-10(12)9(11)2/h4-6,8,13H,7,12H2,1-3H3. The number of nitrogens with two attached hydrogens (primary N) is 1. The van der Waals surface area contributed by atoms with Crippen LogP contribution in [0.3, 0.4) is 0 Å². The van der Waals surface area contributed by atoms with Gasteiger partial charge in [0.1, 0.15) is 0 Å². The van der Waals surface area contributed by atoms with Gasteiger partial charge in [0.25, 0.3) is 0 Å². The van der Waals surface area contributed by atoms with Crippen LogP contribution in [0.2, 0.25) is 0 Å². The number of benzene rings is 1. The van der Waals surface area contributed by atoms with E-state index in [0.29, 0.717) is 5.25 Å². The monoisotopic (exact) mass is 210 g/mol. The first-order valence-corrected chi connectivity index (χ1v) is 6.05. The van der Waals surface area contributed by atoms with E-state index in [0.717, 1.165) is 23.5 Å². The molecule has 0 aliphatic rings. The molecule has 3 heteroatoms. The number of nitrogens with one attached hydrogen (secondary N) is 1. The van der Waals surface area contributed by atoms with Gasteiger partial charge in [-0.1, -0.05) is 13.0 Å². The summed E-state index contributed by atoms with van der Waals surface area (Å²) >= 11 is 1.86. The second-order valence-electron chi connectivity index (χ2n) is 3.45. The van der Waals surface area contributed by atoms with Crippen LogP contribution in [0.25, 0.3) is 0 Å². The van der Waals surface area contributed by atoms with Crippen LogP contribution in [0.5, 0.6) is 0 Å². The minimum Gasteiger partial charge on any atom is -0.398 e. The largest absolute Gasteiger partial charge is 0.398 e. The molecule has 3 N–H and O–H groups in total. The minimum absolute atomic E-state index is 0.621. The van der Waals surface area contributed by atoms with Crippen LogP contribution in [0, 0.1) is 6.92 Å². The molecule has 0 spiro atoms. The predicted octanol–water partition coefficient (Wildman–Crippen LogP) is 2.74. The lowest BCUT2D eigenvalue weighted by Crippen LogP contribution is -2.13. The van der Waals surface area contributed by atoms with Crippen molar-refractivity contribution in [3.05, 3.63) is 23.8 Å². The third-order valence-corrected chi connectivity index (χ3v) is 3.33. The Kier molecular flexibility index (Phi) is 4.14.